The lowest BCUT2D eigenvalue weighted by molar-refractivity contribution is -0.140. The Morgan fingerprint density at radius 2 is 1.49 bits per heavy atom. The molecule has 0 radical (unpaired) electrons. The molecular formula is C39H53N4O9P. The molecule has 0 aliphatic carbocycles. The highest BCUT2D eigenvalue weighted by atomic mass is 31.2. The fraction of sp³-hybridized carbons (Fsp3) is 0.462. The lowest BCUT2D eigenvalue weighted by Crippen LogP contribution is -2.59. The SMILES string of the molecule is Cc1cccc(C)c1OCC(=O)N[C@@H](Cc1ccccc1)[C@H](C[C@H](Cc1ccccc1)NC(=O)[C@H](C(C)C)N1CCCNC1=O)OC(C)OP(=O)(O)O. The molecule has 0 bridgehead atoms. The third kappa shape index (κ3) is 13.3. The minimum atomic E-state index is -4.96. The molecule has 3 aromatic carbocycles. The van der Waals surface area contributed by atoms with Gasteiger partial charge < -0.3 is 40.1 Å². The Bertz CT molecular complexity index is 1670. The number of urea groups is 1. The van der Waals surface area contributed by atoms with E-state index in [9.17, 15) is 28.7 Å². The van der Waals surface area contributed by atoms with Crippen LogP contribution in [-0.2, 0) is 36.3 Å². The molecule has 0 spiro atoms. The smallest absolute Gasteiger partial charge is 0.471 e. The van der Waals surface area contributed by atoms with Crippen LogP contribution in [0.2, 0.25) is 0 Å². The van der Waals surface area contributed by atoms with Crippen molar-refractivity contribution in [1.82, 2.24) is 20.9 Å². The highest BCUT2D eigenvalue weighted by Gasteiger charge is 2.37. The van der Waals surface area contributed by atoms with Gasteiger partial charge in [-0.05, 0) is 74.6 Å². The molecule has 1 saturated heterocycles. The number of carbonyl (C=O) groups excluding carboxylic acids is 3. The Morgan fingerprint density at radius 1 is 0.887 bits per heavy atom. The molecule has 288 valence electrons. The van der Waals surface area contributed by atoms with Gasteiger partial charge in [0.2, 0.25) is 5.91 Å². The van der Waals surface area contributed by atoms with Crippen LogP contribution in [0.3, 0.4) is 0 Å². The Kier molecular flexibility index (Phi) is 15.4. The van der Waals surface area contributed by atoms with Crippen molar-refractivity contribution < 1.29 is 42.7 Å². The van der Waals surface area contributed by atoms with Crippen molar-refractivity contribution in [2.24, 2.45) is 5.92 Å². The Balaban J connectivity index is 1.68. The number of amides is 4. The molecular weight excluding hydrogens is 699 g/mol. The van der Waals surface area contributed by atoms with E-state index < -0.39 is 44.2 Å². The van der Waals surface area contributed by atoms with Crippen molar-refractivity contribution in [3.05, 3.63) is 101 Å². The van der Waals surface area contributed by atoms with Gasteiger partial charge in [-0.15, -0.1) is 0 Å². The van der Waals surface area contributed by atoms with Crippen molar-refractivity contribution in [3.8, 4) is 5.75 Å². The molecule has 13 nitrogen and oxygen atoms in total. The molecule has 1 unspecified atom stereocenters. The number of aryl methyl sites for hydroxylation is 2. The first-order valence-electron chi connectivity index (χ1n) is 18.0. The highest BCUT2D eigenvalue weighted by Crippen LogP contribution is 2.38. The summed E-state index contributed by atoms with van der Waals surface area (Å²) in [6.45, 7) is 9.61. The molecule has 1 aliphatic heterocycles. The van der Waals surface area contributed by atoms with Crippen molar-refractivity contribution in [1.29, 1.82) is 0 Å². The lowest BCUT2D eigenvalue weighted by Gasteiger charge is -2.38. The van der Waals surface area contributed by atoms with E-state index in [4.69, 9.17) is 14.0 Å². The van der Waals surface area contributed by atoms with Gasteiger partial charge in [0, 0.05) is 19.1 Å². The van der Waals surface area contributed by atoms with E-state index in [-0.39, 0.29) is 37.3 Å². The van der Waals surface area contributed by atoms with Gasteiger partial charge in [0.25, 0.3) is 5.91 Å². The summed E-state index contributed by atoms with van der Waals surface area (Å²) in [7, 11) is -4.96. The second-order valence-corrected chi connectivity index (χ2v) is 15.0. The second kappa shape index (κ2) is 19.7. The lowest BCUT2D eigenvalue weighted by atomic mass is 9.92. The van der Waals surface area contributed by atoms with Crippen LogP contribution in [0, 0.1) is 19.8 Å². The van der Waals surface area contributed by atoms with Gasteiger partial charge >= 0.3 is 13.9 Å². The number of nitrogens with zero attached hydrogens (tertiary/aromatic N) is 1. The largest absolute Gasteiger partial charge is 0.483 e. The Hall–Kier alpha value is -4.26. The van der Waals surface area contributed by atoms with Crippen LogP contribution in [0.15, 0.2) is 78.9 Å². The summed E-state index contributed by atoms with van der Waals surface area (Å²) in [5, 5.41) is 9.06. The number of nitrogens with one attached hydrogen (secondary N) is 3. The molecule has 14 heteroatoms. The third-order valence-corrected chi connectivity index (χ3v) is 9.61. The number of carbonyl (C=O) groups is 3. The van der Waals surface area contributed by atoms with E-state index in [0.29, 0.717) is 31.7 Å². The molecule has 1 fully saturated rings. The quantitative estimate of drug-likeness (QED) is 0.0851. The van der Waals surface area contributed by atoms with Crippen molar-refractivity contribution in [3.63, 3.8) is 0 Å². The van der Waals surface area contributed by atoms with Gasteiger partial charge in [-0.2, -0.15) is 0 Å². The van der Waals surface area contributed by atoms with E-state index in [1.54, 1.807) is 4.90 Å². The predicted octanol–water partition coefficient (Wildman–Crippen LogP) is 4.81. The van der Waals surface area contributed by atoms with E-state index in [0.717, 1.165) is 22.3 Å². The molecule has 5 atom stereocenters. The molecule has 0 aromatic heterocycles. The van der Waals surface area contributed by atoms with Crippen LogP contribution in [0.1, 0.15) is 55.9 Å². The molecule has 4 rings (SSSR count). The maximum absolute atomic E-state index is 14.1. The van der Waals surface area contributed by atoms with Gasteiger partial charge in [-0.1, -0.05) is 92.7 Å². The standard InChI is InChI=1S/C39H53N4O9P/c1-26(2)36(43-21-13-20-40-39(43)46)38(45)41-32(22-30-16-8-6-9-17-30)24-34(51-29(5)52-53(47,48)49)33(23-31-18-10-7-11-19-31)42-35(44)25-50-37-27(3)14-12-15-28(37)4/h6-12,14-19,26,29,32-34,36H,13,20-25H2,1-5H3,(H,40,46)(H,41,45)(H,42,44)(H2,47,48,49)/t29?,32-,33-,34-,36-/m0/s1. The predicted molar refractivity (Wildman–Crippen MR) is 201 cm³/mol. The second-order valence-electron chi connectivity index (χ2n) is 13.8. The van der Waals surface area contributed by atoms with Crippen molar-refractivity contribution >= 4 is 25.7 Å². The van der Waals surface area contributed by atoms with E-state index in [1.165, 1.54) is 6.92 Å². The van der Waals surface area contributed by atoms with E-state index in [2.05, 4.69) is 16.0 Å². The average Bonchev–Trinajstić information content (AvgIpc) is 3.08. The molecule has 3 aromatic rings. The molecule has 4 amide bonds. The molecule has 0 saturated carbocycles. The zero-order valence-electron chi connectivity index (χ0n) is 31.1. The van der Waals surface area contributed by atoms with Crippen LogP contribution >= 0.6 is 7.82 Å². The fourth-order valence-corrected chi connectivity index (χ4v) is 7.15. The first-order chi connectivity index (χ1) is 25.2. The first kappa shape index (κ1) is 41.5. The van der Waals surface area contributed by atoms with Gasteiger partial charge in [-0.3, -0.25) is 14.1 Å². The van der Waals surface area contributed by atoms with Gasteiger partial charge in [-0.25, -0.2) is 9.36 Å². The minimum Gasteiger partial charge on any atom is -0.483 e. The van der Waals surface area contributed by atoms with Crippen molar-refractivity contribution in [2.75, 3.05) is 19.7 Å². The molecule has 1 aliphatic rings. The number of rotatable bonds is 19. The summed E-state index contributed by atoms with van der Waals surface area (Å²) in [6.07, 6.45) is -0.892. The Labute approximate surface area is 312 Å². The van der Waals surface area contributed by atoms with Crippen LogP contribution in [0.5, 0.6) is 5.75 Å². The zero-order chi connectivity index (χ0) is 38.5. The number of hydrogen-bond donors (Lipinski definition) is 5. The average molecular weight is 753 g/mol. The molecule has 1 heterocycles. The zero-order valence-corrected chi connectivity index (χ0v) is 32.0. The summed E-state index contributed by atoms with van der Waals surface area (Å²) < 4.78 is 29.0. The number of para-hydroxylation sites is 1. The van der Waals surface area contributed by atoms with E-state index in [1.807, 2.05) is 107 Å². The topological polar surface area (TPSA) is 176 Å². The van der Waals surface area contributed by atoms with E-state index >= 15 is 0 Å². The summed E-state index contributed by atoms with van der Waals surface area (Å²) in [6, 6.07) is 22.2. The van der Waals surface area contributed by atoms with Gasteiger partial charge in [0.15, 0.2) is 12.9 Å². The monoisotopic (exact) mass is 752 g/mol. The summed E-state index contributed by atoms with van der Waals surface area (Å²) in [5.41, 5.74) is 3.54. The Morgan fingerprint density at radius 3 is 2.06 bits per heavy atom. The maximum Gasteiger partial charge on any atom is 0.471 e. The number of phosphoric ester groups is 1. The highest BCUT2D eigenvalue weighted by molar-refractivity contribution is 7.46. The summed E-state index contributed by atoms with van der Waals surface area (Å²) in [4.78, 5) is 61.4. The van der Waals surface area contributed by atoms with Gasteiger partial charge in [0.1, 0.15) is 11.8 Å². The number of benzene rings is 3. The molecule has 53 heavy (non-hydrogen) atoms. The summed E-state index contributed by atoms with van der Waals surface area (Å²) in [5.74, 6) is -0.388. The third-order valence-electron chi connectivity index (χ3n) is 9.04. The first-order valence-corrected chi connectivity index (χ1v) is 19.5. The fourth-order valence-electron chi connectivity index (χ4n) is 6.71. The maximum atomic E-state index is 14.1. The molecule has 5 N–H and O–H groups in total. The normalized spacial score (nSPS) is 16.2. The number of hydrogen-bond acceptors (Lipinski definition) is 7. The number of phosphoric acid groups is 1. The van der Waals surface area contributed by atoms with Crippen LogP contribution < -0.4 is 20.7 Å². The van der Waals surface area contributed by atoms with Crippen LogP contribution in [0.4, 0.5) is 4.79 Å². The van der Waals surface area contributed by atoms with Crippen LogP contribution in [-0.4, -0.2) is 82.7 Å². The van der Waals surface area contributed by atoms with Crippen molar-refractivity contribution in [2.45, 2.75) is 90.8 Å². The van der Waals surface area contributed by atoms with Gasteiger partial charge in [0.05, 0.1) is 12.1 Å². The minimum absolute atomic E-state index is 0.0992. The van der Waals surface area contributed by atoms with Crippen LogP contribution in [0.25, 0.3) is 0 Å². The number of ether oxygens (including phenoxy) is 2. The summed E-state index contributed by atoms with van der Waals surface area (Å²) >= 11 is 0.